The Morgan fingerprint density at radius 1 is 1.13 bits per heavy atom. The van der Waals surface area contributed by atoms with Crippen LogP contribution in [0.2, 0.25) is 0 Å². The number of aromatic nitrogens is 1. The molecule has 1 aromatic heterocycles. The van der Waals surface area contributed by atoms with Crippen LogP contribution in [0.4, 0.5) is 5.69 Å². The summed E-state index contributed by atoms with van der Waals surface area (Å²) >= 11 is 0. The average molecular weight is 210 g/mol. The van der Waals surface area contributed by atoms with Crippen molar-refractivity contribution < 1.29 is 19.1 Å². The average Bonchev–Trinajstić information content (AvgIpc) is 2.26. The van der Waals surface area contributed by atoms with Gasteiger partial charge >= 0.3 is 11.9 Å². The Morgan fingerprint density at radius 2 is 1.53 bits per heavy atom. The topological polar surface area (TPSA) is 91.5 Å². The van der Waals surface area contributed by atoms with Gasteiger partial charge in [-0.25, -0.2) is 14.6 Å². The van der Waals surface area contributed by atoms with E-state index in [1.54, 1.807) is 0 Å². The van der Waals surface area contributed by atoms with Gasteiger partial charge < -0.3 is 15.2 Å². The van der Waals surface area contributed by atoms with Crippen molar-refractivity contribution in [2.75, 3.05) is 20.0 Å². The van der Waals surface area contributed by atoms with Gasteiger partial charge in [0.2, 0.25) is 0 Å². The third-order valence-electron chi connectivity index (χ3n) is 1.64. The Kier molecular flexibility index (Phi) is 3.22. The Balaban J connectivity index is 3.16. The van der Waals surface area contributed by atoms with Crippen LogP contribution in [0.25, 0.3) is 0 Å². The summed E-state index contributed by atoms with van der Waals surface area (Å²) in [5, 5.41) is 0. The summed E-state index contributed by atoms with van der Waals surface area (Å²) in [6, 6.07) is 2.64. The van der Waals surface area contributed by atoms with Crippen molar-refractivity contribution in [3.63, 3.8) is 0 Å². The molecule has 15 heavy (non-hydrogen) atoms. The zero-order valence-electron chi connectivity index (χ0n) is 8.31. The fourth-order valence-corrected chi connectivity index (χ4v) is 0.970. The second-order valence-corrected chi connectivity index (χ2v) is 2.65. The SMILES string of the molecule is COC(=O)c1cc(N)cc(C(=O)OC)n1. The molecule has 1 aromatic rings. The number of pyridine rings is 1. The molecule has 0 aromatic carbocycles. The number of hydrogen-bond donors (Lipinski definition) is 1. The Morgan fingerprint density at radius 3 is 1.87 bits per heavy atom. The molecule has 0 bridgehead atoms. The molecule has 0 amide bonds. The number of methoxy groups -OCH3 is 2. The largest absolute Gasteiger partial charge is 0.464 e. The van der Waals surface area contributed by atoms with Gasteiger partial charge in [0.1, 0.15) is 0 Å². The fourth-order valence-electron chi connectivity index (χ4n) is 0.970. The Labute approximate surface area is 86.0 Å². The highest BCUT2D eigenvalue weighted by atomic mass is 16.5. The predicted molar refractivity (Wildman–Crippen MR) is 51.3 cm³/mol. The van der Waals surface area contributed by atoms with Gasteiger partial charge in [-0.05, 0) is 12.1 Å². The molecule has 0 spiro atoms. The minimum absolute atomic E-state index is 0.0297. The zero-order chi connectivity index (χ0) is 11.4. The first-order valence-electron chi connectivity index (χ1n) is 4.02. The van der Waals surface area contributed by atoms with Gasteiger partial charge in [0.15, 0.2) is 11.4 Å². The van der Waals surface area contributed by atoms with E-state index in [4.69, 9.17) is 5.73 Å². The van der Waals surface area contributed by atoms with Crippen LogP contribution in [0.5, 0.6) is 0 Å². The fraction of sp³-hybridized carbons (Fsp3) is 0.222. The van der Waals surface area contributed by atoms with Crippen LogP contribution in [0.15, 0.2) is 12.1 Å². The number of nitrogen functional groups attached to an aromatic ring is 1. The predicted octanol–water partition coefficient (Wildman–Crippen LogP) is 0.237. The highest BCUT2D eigenvalue weighted by Gasteiger charge is 2.14. The number of carbonyl (C=O) groups is 2. The molecule has 0 saturated heterocycles. The van der Waals surface area contributed by atoms with Gasteiger partial charge in [-0.3, -0.25) is 0 Å². The number of ether oxygens (including phenoxy) is 2. The van der Waals surface area contributed by atoms with E-state index in [2.05, 4.69) is 14.5 Å². The molecule has 0 aliphatic rings. The van der Waals surface area contributed by atoms with E-state index in [1.165, 1.54) is 26.4 Å². The number of anilines is 1. The van der Waals surface area contributed by atoms with Crippen molar-refractivity contribution in [3.8, 4) is 0 Å². The summed E-state index contributed by atoms with van der Waals surface area (Å²) in [6.07, 6.45) is 0. The number of carbonyl (C=O) groups excluding carboxylic acids is 2. The zero-order valence-corrected chi connectivity index (χ0v) is 8.31. The molecule has 2 N–H and O–H groups in total. The molecule has 6 nitrogen and oxygen atoms in total. The highest BCUT2D eigenvalue weighted by Crippen LogP contribution is 2.09. The number of nitrogens with two attached hydrogens (primary N) is 1. The monoisotopic (exact) mass is 210 g/mol. The Bertz CT molecular complexity index is 369. The van der Waals surface area contributed by atoms with Gasteiger partial charge in [0.25, 0.3) is 0 Å². The maximum atomic E-state index is 11.1. The van der Waals surface area contributed by atoms with Crippen molar-refractivity contribution in [3.05, 3.63) is 23.5 Å². The smallest absolute Gasteiger partial charge is 0.356 e. The molecular formula is C9H10N2O4. The summed E-state index contributed by atoms with van der Waals surface area (Å²) in [5.41, 5.74) is 5.67. The summed E-state index contributed by atoms with van der Waals surface area (Å²) in [5.74, 6) is -1.32. The molecule has 1 heterocycles. The van der Waals surface area contributed by atoms with Gasteiger partial charge in [-0.15, -0.1) is 0 Å². The first kappa shape index (κ1) is 11.0. The van der Waals surface area contributed by atoms with E-state index in [-0.39, 0.29) is 17.1 Å². The molecule has 80 valence electrons. The minimum atomic E-state index is -0.660. The Hall–Kier alpha value is -2.11. The van der Waals surface area contributed by atoms with E-state index in [1.807, 2.05) is 0 Å². The molecule has 0 unspecified atom stereocenters. The molecular weight excluding hydrogens is 200 g/mol. The lowest BCUT2D eigenvalue weighted by molar-refractivity contribution is 0.0586. The molecule has 0 saturated carbocycles. The van der Waals surface area contributed by atoms with Crippen LogP contribution in [0, 0.1) is 0 Å². The quantitative estimate of drug-likeness (QED) is 0.703. The van der Waals surface area contributed by atoms with Crippen LogP contribution in [-0.2, 0) is 9.47 Å². The van der Waals surface area contributed by atoms with Gasteiger partial charge in [0, 0.05) is 5.69 Å². The molecule has 1 rings (SSSR count). The standard InChI is InChI=1S/C9H10N2O4/c1-14-8(12)6-3-5(10)4-7(11-6)9(13)15-2/h3-4H,1-2H3,(H2,10,11). The van der Waals surface area contributed by atoms with E-state index in [0.717, 1.165) is 0 Å². The summed E-state index contributed by atoms with van der Waals surface area (Å²) in [7, 11) is 2.43. The number of rotatable bonds is 2. The molecule has 0 fully saturated rings. The third kappa shape index (κ3) is 2.43. The highest BCUT2D eigenvalue weighted by molar-refractivity contribution is 5.93. The lowest BCUT2D eigenvalue weighted by Crippen LogP contribution is -2.11. The summed E-state index contributed by atoms with van der Waals surface area (Å²) in [6.45, 7) is 0. The van der Waals surface area contributed by atoms with Crippen molar-refractivity contribution in [2.24, 2.45) is 0 Å². The van der Waals surface area contributed by atoms with Crippen molar-refractivity contribution >= 4 is 17.6 Å². The maximum absolute atomic E-state index is 11.1. The van der Waals surface area contributed by atoms with Gasteiger partial charge in [-0.2, -0.15) is 0 Å². The molecule has 0 aliphatic heterocycles. The van der Waals surface area contributed by atoms with Crippen LogP contribution in [0.1, 0.15) is 21.0 Å². The lowest BCUT2D eigenvalue weighted by Gasteiger charge is -2.03. The first-order valence-corrected chi connectivity index (χ1v) is 4.02. The van der Waals surface area contributed by atoms with Crippen LogP contribution >= 0.6 is 0 Å². The van der Waals surface area contributed by atoms with Crippen molar-refractivity contribution in [1.29, 1.82) is 0 Å². The molecule has 0 atom stereocenters. The third-order valence-corrected chi connectivity index (χ3v) is 1.64. The van der Waals surface area contributed by atoms with E-state index in [0.29, 0.717) is 0 Å². The minimum Gasteiger partial charge on any atom is -0.464 e. The van der Waals surface area contributed by atoms with Crippen LogP contribution < -0.4 is 5.73 Å². The van der Waals surface area contributed by atoms with Crippen molar-refractivity contribution in [2.45, 2.75) is 0 Å². The molecule has 6 heteroatoms. The second kappa shape index (κ2) is 4.41. The van der Waals surface area contributed by atoms with Crippen LogP contribution in [0.3, 0.4) is 0 Å². The number of nitrogens with zero attached hydrogens (tertiary/aromatic N) is 1. The van der Waals surface area contributed by atoms with Gasteiger partial charge in [0.05, 0.1) is 14.2 Å². The number of hydrogen-bond acceptors (Lipinski definition) is 6. The molecule has 0 radical (unpaired) electrons. The van der Waals surface area contributed by atoms with E-state index < -0.39 is 11.9 Å². The molecule has 0 aliphatic carbocycles. The van der Waals surface area contributed by atoms with E-state index in [9.17, 15) is 9.59 Å². The van der Waals surface area contributed by atoms with Crippen molar-refractivity contribution in [1.82, 2.24) is 4.98 Å². The summed E-state index contributed by atoms with van der Waals surface area (Å²) < 4.78 is 8.90. The second-order valence-electron chi connectivity index (χ2n) is 2.65. The maximum Gasteiger partial charge on any atom is 0.356 e. The lowest BCUT2D eigenvalue weighted by atomic mass is 10.2. The van der Waals surface area contributed by atoms with E-state index >= 15 is 0 Å². The first-order chi connectivity index (χ1) is 7.08. The normalized spacial score (nSPS) is 9.47. The number of esters is 2. The van der Waals surface area contributed by atoms with Crippen LogP contribution in [-0.4, -0.2) is 31.1 Å². The summed E-state index contributed by atoms with van der Waals surface area (Å²) in [4.78, 5) is 26.0. The van der Waals surface area contributed by atoms with Gasteiger partial charge in [-0.1, -0.05) is 0 Å².